The molecule has 1 aromatic heterocycles. The average molecular weight is 904 g/mol. The van der Waals surface area contributed by atoms with Gasteiger partial charge >= 0.3 is 5.69 Å². The number of phosphoric acid groups is 3. The molecule has 1 aliphatic heterocycles. The number of aromatic amines is 1. The maximum atomic E-state index is 12.3. The van der Waals surface area contributed by atoms with E-state index in [4.69, 9.17) is 23.2 Å². The van der Waals surface area contributed by atoms with Crippen LogP contribution in [0.15, 0.2) is 15.8 Å². The number of amides is 2. The van der Waals surface area contributed by atoms with Gasteiger partial charge in [-0.05, 0) is 57.2 Å². The molecule has 2 rings (SSSR count). The van der Waals surface area contributed by atoms with E-state index in [0.29, 0.717) is 12.8 Å². The van der Waals surface area contributed by atoms with E-state index in [2.05, 4.69) is 30.4 Å². The summed E-state index contributed by atoms with van der Waals surface area (Å²) >= 11 is 0. The smallest absolute Gasteiger partial charge is 0.330 e. The van der Waals surface area contributed by atoms with Crippen molar-refractivity contribution < 1.29 is 109 Å². The summed E-state index contributed by atoms with van der Waals surface area (Å²) < 4.78 is 51.0. The number of aromatic nitrogens is 2. The van der Waals surface area contributed by atoms with Gasteiger partial charge in [0.15, 0.2) is 0 Å². The number of ether oxygens (including phenoxy) is 1. The minimum absolute atomic E-state index is 0. The molecule has 0 spiro atoms. The summed E-state index contributed by atoms with van der Waals surface area (Å²) in [4.78, 5) is 120. The van der Waals surface area contributed by atoms with Crippen LogP contribution in [0.5, 0.6) is 0 Å². The summed E-state index contributed by atoms with van der Waals surface area (Å²) in [5, 5.41) is 2.23. The fraction of sp³-hybridized carbons (Fsp3) is 0.630. The molecule has 0 aliphatic carbocycles. The Balaban J connectivity index is -0.00000107. The van der Waals surface area contributed by atoms with Gasteiger partial charge in [0.05, 0.1) is 20.6 Å². The van der Waals surface area contributed by atoms with E-state index in [-0.39, 0.29) is 88.8 Å². The van der Waals surface area contributed by atoms with Gasteiger partial charge in [-0.1, -0.05) is 20.3 Å². The van der Waals surface area contributed by atoms with Crippen molar-refractivity contribution in [2.24, 2.45) is 17.6 Å². The minimum atomic E-state index is -6.06. The number of H-pyrrole nitrogens is 1. The van der Waals surface area contributed by atoms with E-state index in [1.807, 2.05) is 6.92 Å². The Kier molecular flexibility index (Phi) is 25.4. The number of carbonyl (C=O) groups excluding carboxylic acids is 5. The molecule has 0 saturated carbocycles. The Morgan fingerprint density at radius 2 is 1.76 bits per heavy atom. The Morgan fingerprint density at radius 1 is 1.17 bits per heavy atom. The van der Waals surface area contributed by atoms with Gasteiger partial charge in [0.1, 0.15) is 17.8 Å². The van der Waals surface area contributed by atoms with Crippen molar-refractivity contribution in [1.29, 1.82) is 0 Å². The van der Waals surface area contributed by atoms with Crippen molar-refractivity contribution in [3.8, 4) is 0 Å². The molecule has 2 heterocycles. The maximum absolute atomic E-state index is 12.3. The number of nitrogens with one attached hydrogen (secondary N) is 2. The third kappa shape index (κ3) is 22.6. The van der Waals surface area contributed by atoms with Crippen LogP contribution in [0.2, 0.25) is 5.82 Å². The number of nitrogens with zero attached hydrogens (tertiary/aromatic N) is 1. The first-order valence-corrected chi connectivity index (χ1v) is 19.9. The van der Waals surface area contributed by atoms with Crippen LogP contribution in [0.3, 0.4) is 0 Å². The van der Waals surface area contributed by atoms with Crippen molar-refractivity contribution >= 4 is 61.0 Å². The first kappa shape index (κ1) is 54.1. The molecular formula is C27H43BN4O18P3Y-5. The molecular weight excluding hydrogens is 861 g/mol. The number of phosphoric ester groups is 1. The Morgan fingerprint density at radius 3 is 2.20 bits per heavy atom. The standard InChI is InChI=1S/C13H20BN3O14P3.C9H15NO3.C5H9O.Y.H2/c1-7-9(5-28-33(24,25)31-34(26,27)30-32(21,22)23)29-12(10(7)14)17-4-8(2-3-15-6-18)11(19)16-13(17)20;1-6(11)5-8(7(2)12)3-4-9(10)13;1-3-4-5(2)6;;/h4,7,9-10,12H,2-3,5H2,1H3,(H,15,18)(H,24,25)(H,26,27)(H,16,19,20)(H2,21,22,23);8H,3-5H2,1-2H3,(H2,10,13);2-4H2,1H3;;1H/q-1;;-1;;/p-3. The Hall–Kier alpha value is -1.96. The van der Waals surface area contributed by atoms with Crippen LogP contribution in [-0.2, 0) is 94.7 Å². The molecule has 0 aromatic carbocycles. The first-order chi connectivity index (χ1) is 24.3. The predicted octanol–water partition coefficient (Wildman–Crippen LogP) is -1.46. The SMILES string of the molecule is CC(=O)CC(CCC(N)=O)C(C)=O.[B]C1C(C)C(COP(=O)([O-])OP(=O)([O-])OP(=O)([O-])O)OC1n1cc(CCN[C-]=O)c(=O)[nH]c1=O.[CH2-]C(=O)CCC.[HH].[Y]. The van der Waals surface area contributed by atoms with Crippen molar-refractivity contribution in [2.45, 2.75) is 84.4 Å². The van der Waals surface area contributed by atoms with Gasteiger partial charge in [-0.25, -0.2) is 13.4 Å². The number of rotatable bonds is 20. The molecule has 5 N–H and O–H groups in total. The average Bonchev–Trinajstić information content (AvgIpc) is 3.26. The van der Waals surface area contributed by atoms with Gasteiger partial charge in [-0.3, -0.25) is 37.6 Å². The zero-order valence-electron chi connectivity index (χ0n) is 29.7. The number of Topliss-reactive ketones (excluding diaryl/α,β-unsaturated/α-hetero) is 3. The molecule has 8 atom stereocenters. The second kappa shape index (κ2) is 25.3. The van der Waals surface area contributed by atoms with Gasteiger partial charge in [-0.2, -0.15) is 6.41 Å². The van der Waals surface area contributed by atoms with E-state index in [1.54, 1.807) is 0 Å². The van der Waals surface area contributed by atoms with Crippen LogP contribution in [0.1, 0.15) is 73.0 Å². The maximum Gasteiger partial charge on any atom is 0.330 e. The van der Waals surface area contributed by atoms with E-state index in [0.717, 1.165) is 17.2 Å². The topological polar surface area (TPSA) is 356 Å². The number of ketones is 3. The van der Waals surface area contributed by atoms with Crippen LogP contribution < -0.4 is 37.0 Å². The summed E-state index contributed by atoms with van der Waals surface area (Å²) in [5.74, 6) is -2.46. The molecule has 1 aliphatic rings. The number of carbonyl (C=O) groups is 4. The molecule has 305 valence electrons. The summed E-state index contributed by atoms with van der Waals surface area (Å²) in [7, 11) is -11.6. The number of nitrogens with two attached hydrogens (primary N) is 1. The fourth-order valence-electron chi connectivity index (χ4n) is 4.33. The molecule has 22 nitrogen and oxygen atoms in total. The predicted molar refractivity (Wildman–Crippen MR) is 180 cm³/mol. The minimum Gasteiger partial charge on any atom is -0.756 e. The van der Waals surface area contributed by atoms with Crippen LogP contribution >= 0.6 is 23.5 Å². The van der Waals surface area contributed by atoms with Crippen LogP contribution in [0, 0.1) is 18.8 Å². The molecule has 54 heavy (non-hydrogen) atoms. The fourth-order valence-corrected chi connectivity index (χ4v) is 7.23. The third-order valence-corrected chi connectivity index (χ3v) is 10.6. The van der Waals surface area contributed by atoms with Crippen molar-refractivity contribution in [1.82, 2.24) is 14.9 Å². The van der Waals surface area contributed by atoms with Crippen molar-refractivity contribution in [3.05, 3.63) is 39.5 Å². The van der Waals surface area contributed by atoms with E-state index < -0.39 is 71.3 Å². The summed E-state index contributed by atoms with van der Waals surface area (Å²) in [6.07, 6.45) is 2.55. The molecule has 27 heteroatoms. The van der Waals surface area contributed by atoms with E-state index in [9.17, 15) is 61.9 Å². The monoisotopic (exact) mass is 904 g/mol. The Bertz CT molecular complexity index is 1690. The first-order valence-electron chi connectivity index (χ1n) is 15.5. The molecule has 3 radical (unpaired) electrons. The zero-order valence-corrected chi connectivity index (χ0v) is 35.3. The summed E-state index contributed by atoms with van der Waals surface area (Å²) in [6, 6.07) is 0. The van der Waals surface area contributed by atoms with Crippen LogP contribution in [-0.4, -0.2) is 71.2 Å². The van der Waals surface area contributed by atoms with Crippen molar-refractivity contribution in [3.63, 3.8) is 0 Å². The largest absolute Gasteiger partial charge is 0.756 e. The molecule has 1 saturated heterocycles. The quantitative estimate of drug-likeness (QED) is 0.0382. The number of hydrogen-bond donors (Lipinski definition) is 4. The Labute approximate surface area is 338 Å². The summed E-state index contributed by atoms with van der Waals surface area (Å²) in [5.41, 5.74) is 3.42. The van der Waals surface area contributed by atoms with Gasteiger partial charge in [0.25, 0.3) is 29.0 Å². The second-order valence-electron chi connectivity index (χ2n) is 11.4. The number of hydrogen-bond acceptors (Lipinski definition) is 17. The van der Waals surface area contributed by atoms with E-state index in [1.165, 1.54) is 27.2 Å². The number of primary amides is 1. The molecule has 0 bridgehead atoms. The van der Waals surface area contributed by atoms with Gasteiger partial charge in [0.2, 0.25) is 5.91 Å². The van der Waals surface area contributed by atoms with Crippen molar-refractivity contribution in [2.75, 3.05) is 13.2 Å². The molecule has 1 fully saturated rings. The molecule has 8 unspecified atom stereocenters. The zero-order chi connectivity index (χ0) is 41.3. The second-order valence-corrected chi connectivity index (χ2v) is 15.7. The molecule has 2 amide bonds. The normalized spacial score (nSPS) is 21.4. The molecule has 1 aromatic rings. The van der Waals surface area contributed by atoms with Gasteiger partial charge in [0, 0.05) is 64.7 Å². The van der Waals surface area contributed by atoms with Gasteiger partial charge < -0.3 is 61.2 Å². The van der Waals surface area contributed by atoms with Crippen LogP contribution in [0.4, 0.5) is 0 Å². The van der Waals surface area contributed by atoms with Crippen LogP contribution in [0.25, 0.3) is 0 Å². The van der Waals surface area contributed by atoms with Gasteiger partial charge in [-0.15, -0.1) is 0 Å². The summed E-state index contributed by atoms with van der Waals surface area (Å²) in [6.45, 7) is 8.67. The van der Waals surface area contributed by atoms with E-state index >= 15 is 0 Å². The third-order valence-electron chi connectivity index (χ3n) is 6.92.